The third-order valence-electron chi connectivity index (χ3n) is 3.30. The number of halogens is 1. The summed E-state index contributed by atoms with van der Waals surface area (Å²) in [7, 11) is 0. The van der Waals surface area contributed by atoms with Gasteiger partial charge >= 0.3 is 0 Å². The third-order valence-corrected chi connectivity index (χ3v) is 3.30. The lowest BCUT2D eigenvalue weighted by Crippen LogP contribution is -2.40. The van der Waals surface area contributed by atoms with Crippen LogP contribution < -0.4 is 11.1 Å². The van der Waals surface area contributed by atoms with Gasteiger partial charge in [-0.3, -0.25) is 4.79 Å². The van der Waals surface area contributed by atoms with E-state index in [1.807, 2.05) is 38.1 Å². The Labute approximate surface area is 125 Å². The van der Waals surface area contributed by atoms with Crippen LogP contribution in [0.25, 0.3) is 11.0 Å². The second-order valence-corrected chi connectivity index (χ2v) is 4.76. The van der Waals surface area contributed by atoms with Crippen molar-refractivity contribution in [3.05, 3.63) is 35.6 Å². The zero-order chi connectivity index (χ0) is 13.8. The summed E-state index contributed by atoms with van der Waals surface area (Å²) in [5, 5.41) is 3.92. The van der Waals surface area contributed by atoms with Gasteiger partial charge in [-0.2, -0.15) is 0 Å². The molecular weight excluding hydrogens is 276 g/mol. The molecule has 0 aliphatic carbocycles. The van der Waals surface area contributed by atoms with Crippen molar-refractivity contribution in [2.45, 2.75) is 39.3 Å². The van der Waals surface area contributed by atoms with Crippen LogP contribution in [0, 0.1) is 6.92 Å². The fourth-order valence-corrected chi connectivity index (χ4v) is 2.13. The molecule has 0 spiro atoms. The van der Waals surface area contributed by atoms with E-state index in [4.69, 9.17) is 10.2 Å². The molecule has 1 aromatic heterocycles. The molecule has 110 valence electrons. The zero-order valence-corrected chi connectivity index (χ0v) is 12.6. The number of carbonyl (C=O) groups excluding carboxylic acids is 1. The smallest absolute Gasteiger partial charge is 0.237 e. The van der Waals surface area contributed by atoms with Crippen molar-refractivity contribution in [1.29, 1.82) is 0 Å². The number of aryl methyl sites for hydroxylation is 1. The lowest BCUT2D eigenvalue weighted by molar-refractivity contribution is -0.122. The van der Waals surface area contributed by atoms with Gasteiger partial charge in [0.1, 0.15) is 11.3 Å². The van der Waals surface area contributed by atoms with Crippen molar-refractivity contribution in [1.82, 2.24) is 5.32 Å². The molecule has 1 heterocycles. The molecule has 1 amide bonds. The van der Waals surface area contributed by atoms with E-state index in [2.05, 4.69) is 5.32 Å². The van der Waals surface area contributed by atoms with Crippen LogP contribution in [0.4, 0.5) is 0 Å². The van der Waals surface area contributed by atoms with Gasteiger partial charge in [0.05, 0.1) is 12.6 Å². The normalized spacial score (nSPS) is 11.9. The maximum atomic E-state index is 11.8. The van der Waals surface area contributed by atoms with E-state index in [0.29, 0.717) is 13.0 Å². The van der Waals surface area contributed by atoms with Crippen molar-refractivity contribution >= 4 is 29.3 Å². The van der Waals surface area contributed by atoms with Crippen LogP contribution >= 0.6 is 12.4 Å². The SMILES string of the molecule is CCCC(N)C(=O)NCc1oc2ccccc2c1C.Cl. The fourth-order valence-electron chi connectivity index (χ4n) is 2.13. The van der Waals surface area contributed by atoms with E-state index in [0.717, 1.165) is 28.7 Å². The third kappa shape index (κ3) is 3.52. The molecule has 0 radical (unpaired) electrons. The molecule has 1 aromatic carbocycles. The summed E-state index contributed by atoms with van der Waals surface area (Å²) >= 11 is 0. The summed E-state index contributed by atoms with van der Waals surface area (Å²) in [6.45, 7) is 4.40. The Morgan fingerprint density at radius 3 is 2.75 bits per heavy atom. The molecule has 0 saturated carbocycles. The van der Waals surface area contributed by atoms with Crippen molar-refractivity contribution in [3.63, 3.8) is 0 Å². The van der Waals surface area contributed by atoms with E-state index in [1.54, 1.807) is 0 Å². The molecule has 0 saturated heterocycles. The molecular formula is C15H21ClN2O2. The van der Waals surface area contributed by atoms with Gasteiger partial charge in [-0.05, 0) is 19.4 Å². The summed E-state index contributed by atoms with van der Waals surface area (Å²) in [6, 6.07) is 7.42. The second-order valence-electron chi connectivity index (χ2n) is 4.76. The first-order valence-electron chi connectivity index (χ1n) is 6.63. The van der Waals surface area contributed by atoms with Gasteiger partial charge in [0.25, 0.3) is 0 Å². The van der Waals surface area contributed by atoms with Gasteiger partial charge < -0.3 is 15.5 Å². The van der Waals surface area contributed by atoms with Crippen LogP contribution in [0.3, 0.4) is 0 Å². The Bertz CT molecular complexity index is 580. The molecule has 1 atom stereocenters. The number of fused-ring (bicyclic) bond motifs is 1. The summed E-state index contributed by atoms with van der Waals surface area (Å²) in [4.78, 5) is 11.8. The quantitative estimate of drug-likeness (QED) is 0.891. The molecule has 0 aliphatic heterocycles. The van der Waals surface area contributed by atoms with E-state index >= 15 is 0 Å². The number of carbonyl (C=O) groups is 1. The van der Waals surface area contributed by atoms with Gasteiger partial charge in [-0.25, -0.2) is 0 Å². The van der Waals surface area contributed by atoms with Crippen LogP contribution in [-0.2, 0) is 11.3 Å². The molecule has 0 bridgehead atoms. The first-order chi connectivity index (χ1) is 9.13. The van der Waals surface area contributed by atoms with Gasteiger partial charge in [-0.1, -0.05) is 31.5 Å². The predicted octanol–water partition coefficient (Wildman–Crippen LogP) is 2.91. The molecule has 5 heteroatoms. The van der Waals surface area contributed by atoms with E-state index in [9.17, 15) is 4.79 Å². The van der Waals surface area contributed by atoms with Crippen LogP contribution in [0.2, 0.25) is 0 Å². The van der Waals surface area contributed by atoms with E-state index in [-0.39, 0.29) is 18.3 Å². The number of benzene rings is 1. The Morgan fingerprint density at radius 1 is 1.40 bits per heavy atom. The van der Waals surface area contributed by atoms with E-state index in [1.165, 1.54) is 0 Å². The topological polar surface area (TPSA) is 68.3 Å². The maximum Gasteiger partial charge on any atom is 0.237 e. The molecule has 0 aliphatic rings. The number of para-hydroxylation sites is 1. The lowest BCUT2D eigenvalue weighted by Gasteiger charge is -2.10. The first kappa shape index (κ1) is 16.5. The molecule has 4 nitrogen and oxygen atoms in total. The van der Waals surface area contributed by atoms with Crippen molar-refractivity contribution < 1.29 is 9.21 Å². The molecule has 0 fully saturated rings. The second kappa shape index (κ2) is 7.31. The summed E-state index contributed by atoms with van der Waals surface area (Å²) in [5.74, 6) is 0.667. The highest BCUT2D eigenvalue weighted by Crippen LogP contribution is 2.24. The number of amides is 1. The van der Waals surface area contributed by atoms with Gasteiger partial charge in [0.2, 0.25) is 5.91 Å². The maximum absolute atomic E-state index is 11.8. The standard InChI is InChI=1S/C15H20N2O2.ClH/c1-3-6-12(16)15(18)17-9-14-10(2)11-7-4-5-8-13(11)19-14;/h4-5,7-8,12H,3,6,9,16H2,1-2H3,(H,17,18);1H. The summed E-state index contributed by atoms with van der Waals surface area (Å²) in [5.41, 5.74) is 7.68. The number of furan rings is 1. The van der Waals surface area contributed by atoms with Crippen LogP contribution in [0.15, 0.2) is 28.7 Å². The highest BCUT2D eigenvalue weighted by Gasteiger charge is 2.14. The Kier molecular flexibility index (Phi) is 6.05. The zero-order valence-electron chi connectivity index (χ0n) is 11.8. The lowest BCUT2D eigenvalue weighted by atomic mass is 10.1. The number of hydrogen-bond acceptors (Lipinski definition) is 3. The van der Waals surface area contributed by atoms with Crippen molar-refractivity contribution in [2.75, 3.05) is 0 Å². The average molecular weight is 297 g/mol. The number of nitrogens with one attached hydrogen (secondary N) is 1. The van der Waals surface area contributed by atoms with Crippen molar-refractivity contribution in [2.24, 2.45) is 5.73 Å². The van der Waals surface area contributed by atoms with Crippen molar-refractivity contribution in [3.8, 4) is 0 Å². The van der Waals surface area contributed by atoms with Gasteiger partial charge in [0, 0.05) is 10.9 Å². The molecule has 20 heavy (non-hydrogen) atoms. The van der Waals surface area contributed by atoms with Crippen LogP contribution in [-0.4, -0.2) is 11.9 Å². The molecule has 3 N–H and O–H groups in total. The largest absolute Gasteiger partial charge is 0.459 e. The predicted molar refractivity (Wildman–Crippen MR) is 82.9 cm³/mol. The van der Waals surface area contributed by atoms with Crippen LogP contribution in [0.5, 0.6) is 0 Å². The van der Waals surface area contributed by atoms with Gasteiger partial charge in [0.15, 0.2) is 0 Å². The van der Waals surface area contributed by atoms with Gasteiger partial charge in [-0.15, -0.1) is 12.4 Å². The van der Waals surface area contributed by atoms with E-state index < -0.39 is 6.04 Å². The Hall–Kier alpha value is -1.52. The Balaban J connectivity index is 0.00000200. The molecule has 1 unspecified atom stereocenters. The minimum absolute atomic E-state index is 0. The fraction of sp³-hybridized carbons (Fsp3) is 0.400. The highest BCUT2D eigenvalue weighted by atomic mass is 35.5. The number of hydrogen-bond donors (Lipinski definition) is 2. The molecule has 2 aromatic rings. The average Bonchev–Trinajstić information content (AvgIpc) is 2.73. The summed E-state index contributed by atoms with van der Waals surface area (Å²) in [6.07, 6.45) is 1.60. The summed E-state index contributed by atoms with van der Waals surface area (Å²) < 4.78 is 5.73. The number of rotatable bonds is 5. The monoisotopic (exact) mass is 296 g/mol. The highest BCUT2D eigenvalue weighted by molar-refractivity contribution is 5.85. The minimum atomic E-state index is -0.435. The number of nitrogens with two attached hydrogens (primary N) is 1. The Morgan fingerprint density at radius 2 is 2.10 bits per heavy atom. The van der Waals surface area contributed by atoms with Crippen LogP contribution in [0.1, 0.15) is 31.1 Å². The minimum Gasteiger partial charge on any atom is -0.459 e. The first-order valence-corrected chi connectivity index (χ1v) is 6.63. The molecule has 2 rings (SSSR count).